The Balaban J connectivity index is 0.000000154. The van der Waals surface area contributed by atoms with E-state index in [9.17, 15) is 19.0 Å². The van der Waals surface area contributed by atoms with E-state index < -0.39 is 11.2 Å². The number of benzene rings is 4. The Morgan fingerprint density at radius 3 is 1.40 bits per heavy atom. The molecule has 4 aliphatic rings. The molecular formula is C52H54F2N4O2. The van der Waals surface area contributed by atoms with Crippen molar-refractivity contribution in [2.75, 3.05) is 0 Å². The van der Waals surface area contributed by atoms with Crippen LogP contribution >= 0.6 is 0 Å². The monoisotopic (exact) mass is 804 g/mol. The minimum atomic E-state index is -0.967. The zero-order chi connectivity index (χ0) is 41.9. The summed E-state index contributed by atoms with van der Waals surface area (Å²) >= 11 is 0. The largest absolute Gasteiger partial charge is 0.378 e. The van der Waals surface area contributed by atoms with Crippen molar-refractivity contribution in [3.8, 4) is 36.1 Å². The van der Waals surface area contributed by atoms with E-state index >= 15 is 0 Å². The number of nitrogens with zero attached hydrogens (tertiary/aromatic N) is 4. The first-order valence-corrected chi connectivity index (χ1v) is 21.9. The van der Waals surface area contributed by atoms with Crippen molar-refractivity contribution in [2.45, 2.75) is 126 Å². The van der Waals surface area contributed by atoms with Gasteiger partial charge in [-0.3, -0.25) is 0 Å². The first-order chi connectivity index (χ1) is 29.0. The van der Waals surface area contributed by atoms with Crippen LogP contribution in [0, 0.1) is 48.2 Å². The second-order valence-electron chi connectivity index (χ2n) is 18.2. The first kappa shape index (κ1) is 40.1. The molecule has 0 unspecified atom stereocenters. The highest BCUT2D eigenvalue weighted by Crippen LogP contribution is 2.55. The molecule has 2 saturated carbocycles. The lowest BCUT2D eigenvalue weighted by Crippen LogP contribution is -2.47. The van der Waals surface area contributed by atoms with Gasteiger partial charge < -0.3 is 10.2 Å². The van der Waals surface area contributed by atoms with Crippen molar-refractivity contribution in [1.82, 2.24) is 19.6 Å². The van der Waals surface area contributed by atoms with Crippen LogP contribution in [0.4, 0.5) is 8.78 Å². The average Bonchev–Trinajstić information content (AvgIpc) is 3.79. The van der Waals surface area contributed by atoms with E-state index in [1.165, 1.54) is 46.5 Å². The number of hydrogen-bond donors (Lipinski definition) is 2. The Hall–Kier alpha value is -5.28. The van der Waals surface area contributed by atoms with Crippen LogP contribution in [0.5, 0.6) is 0 Å². The van der Waals surface area contributed by atoms with Gasteiger partial charge in [0.15, 0.2) is 0 Å². The van der Waals surface area contributed by atoms with E-state index in [1.54, 1.807) is 24.3 Å². The second-order valence-corrected chi connectivity index (χ2v) is 18.2. The van der Waals surface area contributed by atoms with E-state index in [0.717, 1.165) is 97.4 Å². The minimum Gasteiger partial charge on any atom is -0.378 e. The normalized spacial score (nSPS) is 28.4. The van der Waals surface area contributed by atoms with Gasteiger partial charge in [-0.05, 0) is 208 Å². The van der Waals surface area contributed by atoms with Crippen molar-refractivity contribution in [1.29, 1.82) is 0 Å². The lowest BCUT2D eigenvalue weighted by molar-refractivity contribution is -0.00481. The summed E-state index contributed by atoms with van der Waals surface area (Å²) < 4.78 is 30.5. The summed E-state index contributed by atoms with van der Waals surface area (Å²) in [4.78, 5) is 0. The molecule has 2 fully saturated rings. The summed E-state index contributed by atoms with van der Waals surface area (Å²) in [5, 5.41) is 33.0. The van der Waals surface area contributed by atoms with Crippen LogP contribution in [0.15, 0.2) is 85.2 Å². The number of aliphatic hydroxyl groups is 2. The average molecular weight is 805 g/mol. The van der Waals surface area contributed by atoms with Gasteiger partial charge in [-0.2, -0.15) is 10.2 Å². The molecule has 308 valence electrons. The third-order valence-electron chi connectivity index (χ3n) is 15.3. The molecule has 6 atom stereocenters. The number of hydrogen-bond acceptors (Lipinski definition) is 4. The van der Waals surface area contributed by atoms with Gasteiger partial charge in [0.25, 0.3) is 0 Å². The number of fused-ring (bicyclic) bond motifs is 8. The topological polar surface area (TPSA) is 76.1 Å². The van der Waals surface area contributed by atoms with Crippen LogP contribution in [-0.4, -0.2) is 41.0 Å². The van der Waals surface area contributed by atoms with Crippen LogP contribution < -0.4 is 0 Å². The van der Waals surface area contributed by atoms with E-state index in [4.69, 9.17) is 12.8 Å². The molecule has 2 N–H and O–H groups in total. The van der Waals surface area contributed by atoms with Gasteiger partial charge in [-0.15, -0.1) is 12.8 Å². The number of terminal acetylenes is 2. The molecular weight excluding hydrogens is 751 g/mol. The van der Waals surface area contributed by atoms with Gasteiger partial charge in [-0.25, -0.2) is 18.1 Å². The lowest BCUT2D eigenvalue weighted by atomic mass is 9.57. The predicted molar refractivity (Wildman–Crippen MR) is 234 cm³/mol. The van der Waals surface area contributed by atoms with Gasteiger partial charge in [-0.1, -0.05) is 25.7 Å². The molecule has 0 bridgehead atoms. The maximum atomic E-state index is 13.4. The molecule has 4 aliphatic carbocycles. The molecule has 6 nitrogen and oxygen atoms in total. The Labute approximate surface area is 352 Å². The molecule has 0 amide bonds. The van der Waals surface area contributed by atoms with E-state index in [2.05, 4.69) is 60.2 Å². The highest BCUT2D eigenvalue weighted by molar-refractivity contribution is 5.83. The van der Waals surface area contributed by atoms with E-state index in [1.807, 2.05) is 21.8 Å². The molecule has 2 heterocycles. The van der Waals surface area contributed by atoms with Gasteiger partial charge in [0.1, 0.15) is 22.8 Å². The third-order valence-corrected chi connectivity index (χ3v) is 15.3. The second kappa shape index (κ2) is 15.3. The van der Waals surface area contributed by atoms with Crippen LogP contribution in [0.25, 0.3) is 33.2 Å². The minimum absolute atomic E-state index is 0.0566. The highest BCUT2D eigenvalue weighted by Gasteiger charge is 2.51. The molecule has 60 heavy (non-hydrogen) atoms. The molecule has 0 radical (unpaired) electrons. The number of rotatable bonds is 4. The van der Waals surface area contributed by atoms with Gasteiger partial charge in [0.05, 0.1) is 34.8 Å². The quantitative estimate of drug-likeness (QED) is 0.174. The zero-order valence-corrected chi connectivity index (χ0v) is 34.7. The summed E-state index contributed by atoms with van der Waals surface area (Å²) in [7, 11) is 0. The molecule has 4 aromatic carbocycles. The molecule has 0 aliphatic heterocycles. The lowest BCUT2D eigenvalue weighted by Gasteiger charge is -2.48. The Kier molecular flexibility index (Phi) is 10.3. The number of aryl methyl sites for hydroxylation is 2. The van der Waals surface area contributed by atoms with Crippen molar-refractivity contribution < 1.29 is 19.0 Å². The maximum Gasteiger partial charge on any atom is 0.125 e. The molecule has 2 aromatic heterocycles. The summed E-state index contributed by atoms with van der Waals surface area (Å²) in [6.45, 7) is 4.54. The Morgan fingerprint density at radius 1 is 0.633 bits per heavy atom. The maximum absolute atomic E-state index is 13.4. The zero-order valence-electron chi connectivity index (χ0n) is 34.7. The first-order valence-electron chi connectivity index (χ1n) is 21.9. The fourth-order valence-electron chi connectivity index (χ4n) is 11.9. The van der Waals surface area contributed by atoms with Crippen molar-refractivity contribution in [2.24, 2.45) is 11.8 Å². The van der Waals surface area contributed by atoms with Crippen LogP contribution in [0.3, 0.4) is 0 Å². The van der Waals surface area contributed by atoms with Crippen molar-refractivity contribution >= 4 is 21.8 Å². The molecule has 8 heteroatoms. The van der Waals surface area contributed by atoms with Crippen molar-refractivity contribution in [3.63, 3.8) is 0 Å². The summed E-state index contributed by atoms with van der Waals surface area (Å²) in [6, 6.07) is 22.1. The number of aromatic nitrogens is 4. The summed E-state index contributed by atoms with van der Waals surface area (Å²) in [5.74, 6) is 5.63. The van der Waals surface area contributed by atoms with Crippen LogP contribution in [0.2, 0.25) is 0 Å². The van der Waals surface area contributed by atoms with Gasteiger partial charge in [0.2, 0.25) is 0 Å². The molecule has 0 spiro atoms. The van der Waals surface area contributed by atoms with E-state index in [0.29, 0.717) is 37.5 Å². The third kappa shape index (κ3) is 6.73. The standard InChI is InChI=1S/2C26H27FN2O/c2*1-3-25(30)12-13-26(4-2)20(16-25)7-5-6-18-15-24-19(14-23(18)26)17-28-29(24)22-10-8-21(27)9-11-22/h2*1,8-11,14-15,17,20,30H,4-7,12-13,16H2,2H3/t2*20-,25-,26-/m10/s1. The smallest absolute Gasteiger partial charge is 0.125 e. The van der Waals surface area contributed by atoms with Crippen molar-refractivity contribution in [3.05, 3.63) is 119 Å². The van der Waals surface area contributed by atoms with E-state index in [-0.39, 0.29) is 22.5 Å². The molecule has 10 rings (SSSR count). The SMILES string of the molecule is C#C[C@@]1(O)CC[C@@]2(CC)c3cc4cnn(-c5ccc(F)cc5)c4cc3CCC[C@@H]2C1.C#C[C@]1(O)CC[C@]2(CC)c3cc4cnn(-c5ccc(F)cc5)c4cc3CCC[C@H]2C1. The van der Waals surface area contributed by atoms with Crippen LogP contribution in [-0.2, 0) is 23.7 Å². The number of halogens is 2. The van der Waals surface area contributed by atoms with Crippen LogP contribution in [0.1, 0.15) is 113 Å². The summed E-state index contributed by atoms with van der Waals surface area (Å²) in [6.07, 6.45) is 28.2. The Morgan fingerprint density at radius 2 is 1.03 bits per heavy atom. The molecule has 6 aromatic rings. The Bertz CT molecular complexity index is 2470. The highest BCUT2D eigenvalue weighted by atomic mass is 19.1. The van der Waals surface area contributed by atoms with Gasteiger partial charge in [0, 0.05) is 10.8 Å². The van der Waals surface area contributed by atoms with Gasteiger partial charge >= 0.3 is 0 Å². The predicted octanol–water partition coefficient (Wildman–Crippen LogP) is 10.6. The fourth-order valence-corrected chi connectivity index (χ4v) is 11.9. The summed E-state index contributed by atoms with van der Waals surface area (Å²) in [5.41, 5.74) is 7.60. The molecule has 0 saturated heterocycles. The fraction of sp³-hybridized carbons (Fsp3) is 0.423.